The van der Waals surface area contributed by atoms with Gasteiger partial charge in [-0.05, 0) is 44.5 Å². The Balaban J connectivity index is 2.30. The number of rotatable bonds is 9. The van der Waals surface area contributed by atoms with E-state index in [9.17, 15) is 4.79 Å². The first-order valence-electron chi connectivity index (χ1n) is 6.82. The second-order valence-electron chi connectivity index (χ2n) is 4.91. The Labute approximate surface area is 120 Å². The van der Waals surface area contributed by atoms with E-state index in [1.807, 2.05) is 43.0 Å². The molecule has 0 aliphatic carbocycles. The molecule has 1 rings (SSSR count). The molecule has 20 heavy (non-hydrogen) atoms. The Hall–Kier alpha value is -1.75. The number of amides is 1. The first-order chi connectivity index (χ1) is 9.52. The number of methoxy groups -OCH3 is 1. The number of hydrogen-bond donors (Lipinski definition) is 1. The molecule has 0 aromatic heterocycles. The number of carbonyl (C=O) groups is 1. The number of carbonyl (C=O) groups excluding carboxylic acids is 1. The molecular weight excluding hydrogens is 256 g/mol. The fourth-order valence-corrected chi connectivity index (χ4v) is 1.85. The van der Waals surface area contributed by atoms with Gasteiger partial charge in [0.25, 0.3) is 0 Å². The molecule has 5 nitrogen and oxygen atoms in total. The minimum absolute atomic E-state index is 0.292. The summed E-state index contributed by atoms with van der Waals surface area (Å²) in [5.74, 6) is 1.33. The van der Waals surface area contributed by atoms with Crippen LogP contribution in [0.4, 0.5) is 0 Å². The average molecular weight is 280 g/mol. The summed E-state index contributed by atoms with van der Waals surface area (Å²) < 4.78 is 10.7. The van der Waals surface area contributed by atoms with E-state index >= 15 is 0 Å². The van der Waals surface area contributed by atoms with Gasteiger partial charge in [0.2, 0.25) is 5.91 Å². The highest BCUT2D eigenvalue weighted by Gasteiger charge is 2.11. The Morgan fingerprint density at radius 2 is 1.85 bits per heavy atom. The van der Waals surface area contributed by atoms with Gasteiger partial charge in [0.15, 0.2) is 0 Å². The molecule has 1 aromatic rings. The molecule has 0 radical (unpaired) electrons. The maximum atomic E-state index is 11.0. The van der Waals surface area contributed by atoms with Gasteiger partial charge in [0, 0.05) is 12.6 Å². The highest BCUT2D eigenvalue weighted by molar-refractivity contribution is 5.75. The Morgan fingerprint density at radius 3 is 2.35 bits per heavy atom. The molecule has 0 fully saturated rings. The third-order valence-electron chi connectivity index (χ3n) is 3.01. The van der Waals surface area contributed by atoms with Gasteiger partial charge in [0.05, 0.1) is 20.3 Å². The number of hydrogen-bond acceptors (Lipinski definition) is 4. The number of nitrogens with two attached hydrogens (primary N) is 1. The van der Waals surface area contributed by atoms with Crippen molar-refractivity contribution in [3.8, 4) is 11.5 Å². The maximum Gasteiger partial charge on any atom is 0.231 e. The van der Waals surface area contributed by atoms with E-state index < -0.39 is 0 Å². The fraction of sp³-hybridized carbons (Fsp3) is 0.533. The van der Waals surface area contributed by atoms with Crippen molar-refractivity contribution >= 4 is 5.91 Å². The summed E-state index contributed by atoms with van der Waals surface area (Å²) in [6.45, 7) is 5.78. The van der Waals surface area contributed by atoms with Crippen LogP contribution in [0.2, 0.25) is 0 Å². The second-order valence-corrected chi connectivity index (χ2v) is 4.91. The van der Waals surface area contributed by atoms with Crippen molar-refractivity contribution in [2.75, 3.05) is 26.8 Å². The smallest absolute Gasteiger partial charge is 0.231 e. The van der Waals surface area contributed by atoms with Crippen LogP contribution in [-0.4, -0.2) is 43.7 Å². The lowest BCUT2D eigenvalue weighted by molar-refractivity contribution is -0.119. The molecule has 0 spiro atoms. The quantitative estimate of drug-likeness (QED) is 0.699. The minimum Gasteiger partial charge on any atom is -0.497 e. The Kier molecular flexibility index (Phi) is 6.87. The van der Waals surface area contributed by atoms with E-state index in [0.717, 1.165) is 24.5 Å². The summed E-state index contributed by atoms with van der Waals surface area (Å²) in [4.78, 5) is 13.0. The Bertz CT molecular complexity index is 404. The molecule has 2 N–H and O–H groups in total. The van der Waals surface area contributed by atoms with Crippen molar-refractivity contribution in [2.24, 2.45) is 5.73 Å². The maximum absolute atomic E-state index is 11.0. The predicted molar refractivity (Wildman–Crippen MR) is 79.0 cm³/mol. The number of nitrogens with zero attached hydrogens (tertiary/aromatic N) is 1. The van der Waals surface area contributed by atoms with Crippen molar-refractivity contribution < 1.29 is 14.3 Å². The molecule has 1 amide bonds. The van der Waals surface area contributed by atoms with Crippen LogP contribution in [0.15, 0.2) is 24.3 Å². The summed E-state index contributed by atoms with van der Waals surface area (Å²) in [5.41, 5.74) is 5.23. The summed E-state index contributed by atoms with van der Waals surface area (Å²) in [6, 6.07) is 7.78. The molecule has 0 aliphatic heterocycles. The van der Waals surface area contributed by atoms with E-state index in [-0.39, 0.29) is 5.91 Å². The zero-order chi connectivity index (χ0) is 15.0. The van der Waals surface area contributed by atoms with E-state index in [1.54, 1.807) is 7.11 Å². The second kappa shape index (κ2) is 8.43. The molecule has 0 unspecified atom stereocenters. The van der Waals surface area contributed by atoms with Gasteiger partial charge in [-0.3, -0.25) is 9.69 Å². The Morgan fingerprint density at radius 1 is 1.25 bits per heavy atom. The predicted octanol–water partition coefficient (Wildman–Crippen LogP) is 1.66. The average Bonchev–Trinajstić information content (AvgIpc) is 2.42. The SMILES string of the molecule is COc1ccc(OCCCN(CC(N)=O)C(C)C)cc1. The first-order valence-corrected chi connectivity index (χ1v) is 6.82. The standard InChI is InChI=1S/C15H24N2O3/c1-12(2)17(11-15(16)18)9-4-10-20-14-7-5-13(19-3)6-8-14/h5-8,12H,4,9-11H2,1-3H3,(H2,16,18). The van der Waals surface area contributed by atoms with Crippen LogP contribution < -0.4 is 15.2 Å². The molecule has 0 heterocycles. The molecule has 0 aliphatic rings. The third-order valence-corrected chi connectivity index (χ3v) is 3.01. The van der Waals surface area contributed by atoms with Gasteiger partial charge >= 0.3 is 0 Å². The number of primary amides is 1. The van der Waals surface area contributed by atoms with Crippen LogP contribution in [0.25, 0.3) is 0 Å². The monoisotopic (exact) mass is 280 g/mol. The van der Waals surface area contributed by atoms with Crippen LogP contribution in [0, 0.1) is 0 Å². The largest absolute Gasteiger partial charge is 0.497 e. The van der Waals surface area contributed by atoms with Gasteiger partial charge in [-0.2, -0.15) is 0 Å². The number of benzene rings is 1. The molecule has 5 heteroatoms. The van der Waals surface area contributed by atoms with Gasteiger partial charge in [-0.25, -0.2) is 0 Å². The van der Waals surface area contributed by atoms with Crippen LogP contribution in [0.5, 0.6) is 11.5 Å². The van der Waals surface area contributed by atoms with Gasteiger partial charge < -0.3 is 15.2 Å². The summed E-state index contributed by atoms with van der Waals surface area (Å²) in [7, 11) is 1.63. The lowest BCUT2D eigenvalue weighted by Crippen LogP contribution is -2.39. The van der Waals surface area contributed by atoms with Crippen LogP contribution in [-0.2, 0) is 4.79 Å². The molecule has 0 bridgehead atoms. The lowest BCUT2D eigenvalue weighted by atomic mass is 10.3. The lowest BCUT2D eigenvalue weighted by Gasteiger charge is -2.24. The van der Waals surface area contributed by atoms with Crippen LogP contribution in [0.3, 0.4) is 0 Å². The van der Waals surface area contributed by atoms with Gasteiger partial charge in [0.1, 0.15) is 11.5 Å². The zero-order valence-electron chi connectivity index (χ0n) is 12.5. The van der Waals surface area contributed by atoms with Crippen molar-refractivity contribution in [1.29, 1.82) is 0 Å². The van der Waals surface area contributed by atoms with E-state index in [1.165, 1.54) is 0 Å². The van der Waals surface area contributed by atoms with E-state index in [4.69, 9.17) is 15.2 Å². The third kappa shape index (κ3) is 5.93. The normalized spacial score (nSPS) is 10.8. The van der Waals surface area contributed by atoms with Crippen molar-refractivity contribution in [3.63, 3.8) is 0 Å². The topological polar surface area (TPSA) is 64.8 Å². The minimum atomic E-state index is -0.297. The zero-order valence-corrected chi connectivity index (χ0v) is 12.5. The molecule has 0 saturated carbocycles. The first kappa shape index (κ1) is 16.3. The molecule has 1 aromatic carbocycles. The van der Waals surface area contributed by atoms with Crippen molar-refractivity contribution in [3.05, 3.63) is 24.3 Å². The fourth-order valence-electron chi connectivity index (χ4n) is 1.85. The van der Waals surface area contributed by atoms with Gasteiger partial charge in [-0.15, -0.1) is 0 Å². The highest BCUT2D eigenvalue weighted by Crippen LogP contribution is 2.17. The summed E-state index contributed by atoms with van der Waals surface area (Å²) in [5, 5.41) is 0. The van der Waals surface area contributed by atoms with E-state index in [0.29, 0.717) is 19.2 Å². The molecule has 0 atom stereocenters. The number of ether oxygens (including phenoxy) is 2. The molecule has 112 valence electrons. The summed E-state index contributed by atoms with van der Waals surface area (Å²) >= 11 is 0. The van der Waals surface area contributed by atoms with Crippen LogP contribution >= 0.6 is 0 Å². The van der Waals surface area contributed by atoms with Gasteiger partial charge in [-0.1, -0.05) is 0 Å². The molecule has 0 saturated heterocycles. The van der Waals surface area contributed by atoms with Crippen molar-refractivity contribution in [1.82, 2.24) is 4.90 Å². The summed E-state index contributed by atoms with van der Waals surface area (Å²) in [6.07, 6.45) is 0.845. The highest BCUT2D eigenvalue weighted by atomic mass is 16.5. The van der Waals surface area contributed by atoms with E-state index in [2.05, 4.69) is 0 Å². The molecular formula is C15H24N2O3. The van der Waals surface area contributed by atoms with Crippen LogP contribution in [0.1, 0.15) is 20.3 Å². The van der Waals surface area contributed by atoms with Crippen molar-refractivity contribution in [2.45, 2.75) is 26.3 Å².